The van der Waals surface area contributed by atoms with Gasteiger partial charge in [0.25, 0.3) is 5.91 Å². The van der Waals surface area contributed by atoms with E-state index in [2.05, 4.69) is 20.4 Å². The molecule has 0 spiro atoms. The van der Waals surface area contributed by atoms with Crippen molar-refractivity contribution < 1.29 is 4.79 Å². The van der Waals surface area contributed by atoms with Crippen LogP contribution in [0.2, 0.25) is 0 Å². The van der Waals surface area contributed by atoms with E-state index in [4.69, 9.17) is 0 Å². The minimum absolute atomic E-state index is 0.168. The fourth-order valence-electron chi connectivity index (χ4n) is 2.46. The number of thiazole rings is 1. The van der Waals surface area contributed by atoms with Crippen molar-refractivity contribution in [1.82, 2.24) is 19.7 Å². The Hall–Kier alpha value is -3.19. The minimum atomic E-state index is -0.168. The van der Waals surface area contributed by atoms with E-state index < -0.39 is 0 Å². The van der Waals surface area contributed by atoms with Gasteiger partial charge in [-0.05, 0) is 35.9 Å². The summed E-state index contributed by atoms with van der Waals surface area (Å²) < 4.78 is 1.84. The first-order chi connectivity index (χ1) is 12.3. The molecule has 0 radical (unpaired) electrons. The highest BCUT2D eigenvalue weighted by atomic mass is 32.1. The van der Waals surface area contributed by atoms with Crippen LogP contribution in [0, 0.1) is 0 Å². The number of H-pyrrole nitrogens is 1. The van der Waals surface area contributed by atoms with Gasteiger partial charge in [-0.1, -0.05) is 12.1 Å². The topological polar surface area (TPSA) is 75.6 Å². The van der Waals surface area contributed by atoms with Crippen LogP contribution < -0.4 is 5.32 Å². The number of carbonyl (C=O) groups excluding carboxylic acids is 1. The van der Waals surface area contributed by atoms with Crippen molar-refractivity contribution in [3.63, 3.8) is 0 Å². The molecule has 1 aromatic carbocycles. The molecule has 4 aromatic rings. The lowest BCUT2D eigenvalue weighted by atomic mass is 10.1. The number of aromatic nitrogens is 4. The van der Waals surface area contributed by atoms with Gasteiger partial charge in [-0.15, -0.1) is 11.3 Å². The third kappa shape index (κ3) is 3.51. The predicted octanol–water partition coefficient (Wildman–Crippen LogP) is 3.64. The van der Waals surface area contributed by atoms with Crippen LogP contribution in [-0.4, -0.2) is 25.7 Å². The Kier molecular flexibility index (Phi) is 4.14. The number of nitrogens with zero attached hydrogens (tertiary/aromatic N) is 3. The molecule has 0 saturated carbocycles. The summed E-state index contributed by atoms with van der Waals surface area (Å²) in [6.07, 6.45) is 5.50. The van der Waals surface area contributed by atoms with E-state index >= 15 is 0 Å². The summed E-state index contributed by atoms with van der Waals surface area (Å²) in [6.45, 7) is 0.681. The smallest absolute Gasteiger partial charge is 0.257 e. The first kappa shape index (κ1) is 15.3. The average molecular weight is 349 g/mol. The lowest BCUT2D eigenvalue weighted by molar-refractivity contribution is 0.102. The number of hydrogen-bond donors (Lipinski definition) is 2. The summed E-state index contributed by atoms with van der Waals surface area (Å²) in [6, 6.07) is 13.2. The summed E-state index contributed by atoms with van der Waals surface area (Å²) in [5.41, 5.74) is 3.43. The third-order valence-corrected chi connectivity index (χ3v) is 4.48. The zero-order chi connectivity index (χ0) is 17.1. The van der Waals surface area contributed by atoms with Crippen LogP contribution >= 0.6 is 11.3 Å². The molecule has 0 aliphatic rings. The molecule has 0 aliphatic heterocycles. The molecule has 4 rings (SSSR count). The molecule has 0 atom stereocenters. The number of aromatic amines is 1. The van der Waals surface area contributed by atoms with Crippen LogP contribution in [0.15, 0.2) is 66.4 Å². The second kappa shape index (κ2) is 6.74. The Bertz CT molecular complexity index is 956. The normalized spacial score (nSPS) is 10.7. The molecule has 25 heavy (non-hydrogen) atoms. The van der Waals surface area contributed by atoms with Gasteiger partial charge in [-0.2, -0.15) is 5.10 Å². The summed E-state index contributed by atoms with van der Waals surface area (Å²) >= 11 is 1.40. The van der Waals surface area contributed by atoms with E-state index in [1.807, 2.05) is 64.9 Å². The standard InChI is InChI=1S/C18H15N5OS/c24-17(22-18-21-16(12-25-18)15-3-1-8-19-15)14-6-4-13(5-7-14)11-23-10-2-9-20-23/h1-10,12,19H,11H2,(H,21,22,24). The van der Waals surface area contributed by atoms with Crippen molar-refractivity contribution >= 4 is 22.4 Å². The molecule has 7 heteroatoms. The van der Waals surface area contributed by atoms with Crippen molar-refractivity contribution in [1.29, 1.82) is 0 Å². The highest BCUT2D eigenvalue weighted by Gasteiger charge is 2.10. The number of hydrogen-bond acceptors (Lipinski definition) is 4. The first-order valence-electron chi connectivity index (χ1n) is 7.75. The molecule has 124 valence electrons. The molecule has 6 nitrogen and oxygen atoms in total. The summed E-state index contributed by atoms with van der Waals surface area (Å²) in [5, 5.41) is 9.51. The molecular formula is C18H15N5OS. The van der Waals surface area contributed by atoms with Gasteiger partial charge < -0.3 is 4.98 Å². The molecule has 0 unspecified atom stereocenters. The third-order valence-electron chi connectivity index (χ3n) is 3.72. The van der Waals surface area contributed by atoms with E-state index in [-0.39, 0.29) is 5.91 Å². The predicted molar refractivity (Wildman–Crippen MR) is 97.6 cm³/mol. The Morgan fingerprint density at radius 3 is 2.80 bits per heavy atom. The van der Waals surface area contributed by atoms with Crippen LogP contribution in [0.3, 0.4) is 0 Å². The molecule has 3 heterocycles. The van der Waals surface area contributed by atoms with E-state index in [0.717, 1.165) is 17.0 Å². The highest BCUT2D eigenvalue weighted by Crippen LogP contribution is 2.23. The zero-order valence-electron chi connectivity index (χ0n) is 13.2. The van der Waals surface area contributed by atoms with Crippen molar-refractivity contribution in [2.24, 2.45) is 0 Å². The van der Waals surface area contributed by atoms with Crippen LogP contribution in [0.25, 0.3) is 11.4 Å². The summed E-state index contributed by atoms with van der Waals surface area (Å²) in [4.78, 5) is 19.9. The van der Waals surface area contributed by atoms with E-state index in [1.54, 1.807) is 6.20 Å². The number of rotatable bonds is 5. The largest absolute Gasteiger partial charge is 0.360 e. The van der Waals surface area contributed by atoms with Crippen LogP contribution in [-0.2, 0) is 6.54 Å². The Morgan fingerprint density at radius 1 is 1.20 bits per heavy atom. The van der Waals surface area contributed by atoms with Crippen LogP contribution in [0.5, 0.6) is 0 Å². The number of nitrogens with one attached hydrogen (secondary N) is 2. The second-order valence-electron chi connectivity index (χ2n) is 5.48. The van der Waals surface area contributed by atoms with Gasteiger partial charge >= 0.3 is 0 Å². The number of anilines is 1. The number of amides is 1. The quantitative estimate of drug-likeness (QED) is 0.578. The molecule has 3 aromatic heterocycles. The van der Waals surface area contributed by atoms with Crippen molar-refractivity contribution in [3.8, 4) is 11.4 Å². The minimum Gasteiger partial charge on any atom is -0.360 e. The van der Waals surface area contributed by atoms with Crippen molar-refractivity contribution in [2.75, 3.05) is 5.32 Å². The van der Waals surface area contributed by atoms with Gasteiger partial charge in [-0.3, -0.25) is 14.8 Å². The molecule has 0 saturated heterocycles. The number of benzene rings is 1. The lowest BCUT2D eigenvalue weighted by Gasteiger charge is -2.05. The Labute approximate surface area is 148 Å². The van der Waals surface area contributed by atoms with E-state index in [9.17, 15) is 4.79 Å². The van der Waals surface area contributed by atoms with Gasteiger partial charge in [0.2, 0.25) is 0 Å². The molecule has 0 fully saturated rings. The highest BCUT2D eigenvalue weighted by molar-refractivity contribution is 7.14. The van der Waals surface area contributed by atoms with Crippen LogP contribution in [0.4, 0.5) is 5.13 Å². The summed E-state index contributed by atoms with van der Waals surface area (Å²) in [7, 11) is 0. The summed E-state index contributed by atoms with van der Waals surface area (Å²) in [5.74, 6) is -0.168. The number of carbonyl (C=O) groups is 1. The van der Waals surface area contributed by atoms with E-state index in [1.165, 1.54) is 11.3 Å². The molecule has 0 aliphatic carbocycles. The maximum atomic E-state index is 12.4. The van der Waals surface area contributed by atoms with E-state index in [0.29, 0.717) is 17.2 Å². The fourth-order valence-corrected chi connectivity index (χ4v) is 3.16. The average Bonchev–Trinajstić information content (AvgIpc) is 3.38. The van der Waals surface area contributed by atoms with Gasteiger partial charge in [0.05, 0.1) is 17.9 Å². The van der Waals surface area contributed by atoms with Gasteiger partial charge in [0.15, 0.2) is 5.13 Å². The molecule has 2 N–H and O–H groups in total. The van der Waals surface area contributed by atoms with Gasteiger partial charge in [0.1, 0.15) is 0 Å². The Balaban J connectivity index is 1.42. The zero-order valence-corrected chi connectivity index (χ0v) is 14.0. The van der Waals surface area contributed by atoms with Gasteiger partial charge in [0, 0.05) is 29.5 Å². The maximum Gasteiger partial charge on any atom is 0.257 e. The maximum absolute atomic E-state index is 12.4. The van der Waals surface area contributed by atoms with Crippen LogP contribution in [0.1, 0.15) is 15.9 Å². The van der Waals surface area contributed by atoms with Gasteiger partial charge in [-0.25, -0.2) is 4.98 Å². The second-order valence-corrected chi connectivity index (χ2v) is 6.33. The fraction of sp³-hybridized carbons (Fsp3) is 0.0556. The molecule has 1 amide bonds. The molecular weight excluding hydrogens is 334 g/mol. The Morgan fingerprint density at radius 2 is 2.08 bits per heavy atom. The van der Waals surface area contributed by atoms with Crippen molar-refractivity contribution in [3.05, 3.63) is 77.6 Å². The SMILES string of the molecule is O=C(Nc1nc(-c2ccc[nH]2)cs1)c1ccc(Cn2cccn2)cc1. The first-order valence-corrected chi connectivity index (χ1v) is 8.63. The lowest BCUT2D eigenvalue weighted by Crippen LogP contribution is -2.11. The monoisotopic (exact) mass is 349 g/mol. The van der Waals surface area contributed by atoms with Crippen molar-refractivity contribution in [2.45, 2.75) is 6.54 Å². The molecule has 0 bridgehead atoms.